The lowest BCUT2D eigenvalue weighted by molar-refractivity contribution is -0.0305. The zero-order valence-corrected chi connectivity index (χ0v) is 19.8. The molecule has 5 rings (SSSR count). The molecule has 186 valence electrons. The van der Waals surface area contributed by atoms with Crippen molar-refractivity contribution in [3.8, 4) is 11.8 Å². The maximum atomic E-state index is 12.6. The van der Waals surface area contributed by atoms with Gasteiger partial charge in [0, 0.05) is 41.6 Å². The van der Waals surface area contributed by atoms with Crippen LogP contribution in [0.5, 0.6) is 11.8 Å². The molecule has 2 bridgehead atoms. The summed E-state index contributed by atoms with van der Waals surface area (Å²) in [5.41, 5.74) is 0.388. The minimum atomic E-state index is -1.10. The van der Waals surface area contributed by atoms with Gasteiger partial charge in [-0.15, -0.1) is 0 Å². The molecule has 0 radical (unpaired) electrons. The number of hydrogen-bond donors (Lipinski definition) is 5. The number of benzene rings is 1. The van der Waals surface area contributed by atoms with Crippen LogP contribution in [0.1, 0.15) is 52.5 Å². The maximum absolute atomic E-state index is 12.6. The number of nitrogens with zero attached hydrogens (tertiary/aromatic N) is 3. The highest BCUT2D eigenvalue weighted by Gasteiger charge is 2.43. The molecule has 0 saturated carbocycles. The van der Waals surface area contributed by atoms with E-state index in [9.17, 15) is 25.2 Å². The zero-order valence-electron chi connectivity index (χ0n) is 19.8. The summed E-state index contributed by atoms with van der Waals surface area (Å²) in [6, 6.07) is 5.27. The topological polar surface area (TPSA) is 131 Å². The summed E-state index contributed by atoms with van der Waals surface area (Å²) in [5, 5.41) is 45.6. The minimum Gasteiger partial charge on any atom is -0.494 e. The second-order valence-electron chi connectivity index (χ2n) is 10.7. The van der Waals surface area contributed by atoms with Crippen molar-refractivity contribution in [1.29, 1.82) is 0 Å². The molecule has 1 aromatic carbocycles. The first kappa shape index (κ1) is 23.1. The van der Waals surface area contributed by atoms with Gasteiger partial charge in [0.05, 0.1) is 6.04 Å². The Morgan fingerprint density at radius 2 is 1.65 bits per heavy atom. The SMILES string of the molecule is CC(C)(C)OC(=O)N1CC2CCC(C1)N2c1ccc2c(O)n(C3CCC(O)NC3O)c(O)c2c1. The fraction of sp³-hybridized carbons (Fsp3) is 0.625. The molecule has 34 heavy (non-hydrogen) atoms. The van der Waals surface area contributed by atoms with Gasteiger partial charge in [0.15, 0.2) is 0 Å². The first-order valence-corrected chi connectivity index (χ1v) is 12.0. The predicted octanol–water partition coefficient (Wildman–Crippen LogP) is 2.20. The average molecular weight is 475 g/mol. The van der Waals surface area contributed by atoms with Gasteiger partial charge < -0.3 is 35.0 Å². The fourth-order valence-electron chi connectivity index (χ4n) is 5.70. The molecule has 1 amide bonds. The number of fused-ring (bicyclic) bond motifs is 3. The van der Waals surface area contributed by atoms with E-state index in [2.05, 4.69) is 10.2 Å². The Morgan fingerprint density at radius 3 is 2.26 bits per heavy atom. The summed E-state index contributed by atoms with van der Waals surface area (Å²) in [4.78, 5) is 16.7. The normalized spacial score (nSPS) is 29.6. The molecule has 5 N–H and O–H groups in total. The van der Waals surface area contributed by atoms with E-state index in [1.54, 1.807) is 11.0 Å². The number of carbonyl (C=O) groups excluding carboxylic acids is 1. The highest BCUT2D eigenvalue weighted by Crippen LogP contribution is 2.44. The second kappa shape index (κ2) is 8.21. The lowest BCUT2D eigenvalue weighted by Crippen LogP contribution is -2.56. The van der Waals surface area contributed by atoms with Crippen LogP contribution in [0.2, 0.25) is 0 Å². The number of aliphatic hydroxyl groups excluding tert-OH is 2. The Hall–Kier alpha value is -2.69. The van der Waals surface area contributed by atoms with E-state index in [0.29, 0.717) is 36.7 Å². The summed E-state index contributed by atoms with van der Waals surface area (Å²) in [7, 11) is 0. The zero-order chi connectivity index (χ0) is 24.4. The highest BCUT2D eigenvalue weighted by molar-refractivity contribution is 5.95. The van der Waals surface area contributed by atoms with Crippen LogP contribution in [0.4, 0.5) is 10.5 Å². The molecule has 0 aliphatic carbocycles. The average Bonchev–Trinajstić information content (AvgIpc) is 3.16. The molecular formula is C24H34N4O6. The van der Waals surface area contributed by atoms with Crippen molar-refractivity contribution in [1.82, 2.24) is 14.8 Å². The van der Waals surface area contributed by atoms with Crippen molar-refractivity contribution >= 4 is 22.6 Å². The number of piperazine rings is 1. The third-order valence-corrected chi connectivity index (χ3v) is 7.17. The summed E-state index contributed by atoms with van der Waals surface area (Å²) in [6.07, 6.45) is 0.516. The fourth-order valence-corrected chi connectivity index (χ4v) is 5.70. The van der Waals surface area contributed by atoms with Crippen molar-refractivity contribution in [2.75, 3.05) is 18.0 Å². The van der Waals surface area contributed by atoms with Gasteiger partial charge in [-0.25, -0.2) is 4.79 Å². The van der Waals surface area contributed by atoms with E-state index in [1.165, 1.54) is 4.57 Å². The molecule has 10 nitrogen and oxygen atoms in total. The van der Waals surface area contributed by atoms with Crippen LogP contribution in [-0.2, 0) is 4.74 Å². The van der Waals surface area contributed by atoms with E-state index in [1.807, 2.05) is 32.9 Å². The quantitative estimate of drug-likeness (QED) is 0.448. The molecule has 3 saturated heterocycles. The van der Waals surface area contributed by atoms with E-state index >= 15 is 0 Å². The Bertz CT molecular complexity index is 1080. The Morgan fingerprint density at radius 1 is 1.00 bits per heavy atom. The minimum absolute atomic E-state index is 0.112. The number of anilines is 1. The Balaban J connectivity index is 1.41. The van der Waals surface area contributed by atoms with Crippen LogP contribution < -0.4 is 10.2 Å². The van der Waals surface area contributed by atoms with E-state index < -0.39 is 24.1 Å². The highest BCUT2D eigenvalue weighted by atomic mass is 16.6. The van der Waals surface area contributed by atoms with Crippen molar-refractivity contribution in [2.45, 2.75) is 82.6 Å². The number of aromatic hydroxyl groups is 2. The molecule has 5 unspecified atom stereocenters. The van der Waals surface area contributed by atoms with E-state index in [4.69, 9.17) is 4.74 Å². The van der Waals surface area contributed by atoms with Gasteiger partial charge in [0.1, 0.15) is 18.1 Å². The molecule has 5 atom stereocenters. The molecule has 3 aliphatic heterocycles. The number of likely N-dealkylation sites (tertiary alicyclic amines) is 1. The maximum Gasteiger partial charge on any atom is 0.410 e. The van der Waals surface area contributed by atoms with Crippen molar-refractivity contribution in [3.63, 3.8) is 0 Å². The number of aromatic nitrogens is 1. The van der Waals surface area contributed by atoms with Crippen LogP contribution in [0.15, 0.2) is 18.2 Å². The summed E-state index contributed by atoms with van der Waals surface area (Å²) < 4.78 is 6.91. The van der Waals surface area contributed by atoms with Gasteiger partial charge in [-0.3, -0.25) is 9.88 Å². The standard InChI is InChI=1S/C24H34N4O6/c1-24(2,3)34-23(33)26-11-14-4-5-15(12-26)27(14)13-6-7-16-17(10-13)22(32)28(21(16)31)18-8-9-19(29)25-20(18)30/h6-7,10,14-15,18-20,25,29-32H,4-5,8-9,11-12H2,1-3H3. The number of carbonyl (C=O) groups is 1. The van der Waals surface area contributed by atoms with Crippen molar-refractivity contribution < 1.29 is 30.0 Å². The number of hydrogen-bond acceptors (Lipinski definition) is 8. The summed E-state index contributed by atoms with van der Waals surface area (Å²) in [5.74, 6) is -0.227. The van der Waals surface area contributed by atoms with Gasteiger partial charge in [0.2, 0.25) is 11.8 Å². The molecule has 1 aromatic heterocycles. The lowest BCUT2D eigenvalue weighted by atomic mass is 10.0. The number of amides is 1. The molecule has 10 heteroatoms. The predicted molar refractivity (Wildman–Crippen MR) is 126 cm³/mol. The monoisotopic (exact) mass is 474 g/mol. The number of aliphatic hydroxyl groups is 2. The van der Waals surface area contributed by atoms with Crippen molar-refractivity contribution in [3.05, 3.63) is 18.2 Å². The van der Waals surface area contributed by atoms with Crippen LogP contribution in [0.25, 0.3) is 10.8 Å². The summed E-state index contributed by atoms with van der Waals surface area (Å²) >= 11 is 0. The van der Waals surface area contributed by atoms with Gasteiger partial charge >= 0.3 is 6.09 Å². The molecule has 2 aromatic rings. The largest absolute Gasteiger partial charge is 0.494 e. The Kier molecular flexibility index (Phi) is 5.57. The van der Waals surface area contributed by atoms with Crippen LogP contribution >= 0.6 is 0 Å². The second-order valence-corrected chi connectivity index (χ2v) is 10.7. The lowest BCUT2D eigenvalue weighted by Gasteiger charge is -2.42. The van der Waals surface area contributed by atoms with Gasteiger partial charge in [-0.2, -0.15) is 0 Å². The molecule has 4 heterocycles. The van der Waals surface area contributed by atoms with E-state index in [-0.39, 0.29) is 29.9 Å². The van der Waals surface area contributed by atoms with Gasteiger partial charge in [0.25, 0.3) is 0 Å². The van der Waals surface area contributed by atoms with E-state index in [0.717, 1.165) is 18.5 Å². The molecule has 3 fully saturated rings. The van der Waals surface area contributed by atoms with Gasteiger partial charge in [-0.05, 0) is 64.7 Å². The summed E-state index contributed by atoms with van der Waals surface area (Å²) in [6.45, 7) is 6.74. The third kappa shape index (κ3) is 3.93. The molecule has 3 aliphatic rings. The first-order valence-electron chi connectivity index (χ1n) is 12.0. The number of rotatable bonds is 2. The number of nitrogens with one attached hydrogen (secondary N) is 1. The Labute approximate surface area is 198 Å². The number of piperidine rings is 1. The smallest absolute Gasteiger partial charge is 0.410 e. The van der Waals surface area contributed by atoms with Gasteiger partial charge in [-0.1, -0.05) is 0 Å². The van der Waals surface area contributed by atoms with Crippen LogP contribution in [0.3, 0.4) is 0 Å². The number of ether oxygens (including phenoxy) is 1. The molecular weight excluding hydrogens is 440 g/mol. The van der Waals surface area contributed by atoms with Crippen LogP contribution in [-0.4, -0.2) is 79.2 Å². The first-order chi connectivity index (χ1) is 16.0. The molecule has 0 spiro atoms. The van der Waals surface area contributed by atoms with Crippen molar-refractivity contribution in [2.24, 2.45) is 0 Å². The third-order valence-electron chi connectivity index (χ3n) is 7.17. The van der Waals surface area contributed by atoms with Crippen LogP contribution in [0, 0.1) is 0 Å².